The zero-order valence-electron chi connectivity index (χ0n) is 13.4. The molecule has 0 aliphatic carbocycles. The first-order valence-electron chi connectivity index (χ1n) is 7.12. The van der Waals surface area contributed by atoms with Gasteiger partial charge in [-0.25, -0.2) is 0 Å². The number of aromatic hydroxyl groups is 1. The number of aryl methyl sites for hydroxylation is 1. The molecule has 0 heterocycles. The average Bonchev–Trinajstić information content (AvgIpc) is 2.54. The van der Waals surface area contributed by atoms with E-state index >= 15 is 0 Å². The summed E-state index contributed by atoms with van der Waals surface area (Å²) in [4.78, 5) is 10.1. The third-order valence-electron chi connectivity index (χ3n) is 3.50. The lowest BCUT2D eigenvalue weighted by Gasteiger charge is -2.11. The van der Waals surface area contributed by atoms with Crippen molar-refractivity contribution < 1.29 is 10.0 Å². The van der Waals surface area contributed by atoms with Gasteiger partial charge in [0.2, 0.25) is 5.75 Å². The Balaban J connectivity index is 2.09. The van der Waals surface area contributed by atoms with Crippen LogP contribution in [0.1, 0.15) is 16.7 Å². The second kappa shape index (κ2) is 7.91. The molecule has 130 valence electrons. The number of anilines is 1. The van der Waals surface area contributed by atoms with Crippen LogP contribution in [0.2, 0.25) is 5.02 Å². The molecule has 25 heavy (non-hydrogen) atoms. The van der Waals surface area contributed by atoms with Gasteiger partial charge in [0.25, 0.3) is 0 Å². The van der Waals surface area contributed by atoms with Crippen LogP contribution in [0.3, 0.4) is 0 Å². The quantitative estimate of drug-likeness (QED) is 0.323. The number of hydrogen-bond donors (Lipinski definition) is 3. The van der Waals surface area contributed by atoms with Crippen LogP contribution in [-0.2, 0) is 0 Å². The van der Waals surface area contributed by atoms with Gasteiger partial charge >= 0.3 is 5.69 Å². The first-order valence-corrected chi connectivity index (χ1v) is 7.91. The van der Waals surface area contributed by atoms with E-state index in [0.717, 1.165) is 22.9 Å². The van der Waals surface area contributed by atoms with Crippen molar-refractivity contribution in [1.29, 1.82) is 0 Å². The monoisotopic (exact) mass is 378 g/mol. The smallest absolute Gasteiger partial charge is 0.312 e. The number of nitro groups is 1. The van der Waals surface area contributed by atoms with E-state index in [-0.39, 0.29) is 15.7 Å². The molecule has 2 rings (SSSR count). The number of thiocarbonyl (C=S) groups is 1. The molecule has 7 nitrogen and oxygen atoms in total. The Morgan fingerprint density at radius 1 is 1.40 bits per heavy atom. The highest BCUT2D eigenvalue weighted by Gasteiger charge is 2.17. The summed E-state index contributed by atoms with van der Waals surface area (Å²) in [5.41, 5.74) is 5.20. The van der Waals surface area contributed by atoms with Crippen LogP contribution in [0.5, 0.6) is 5.75 Å². The molecule has 0 spiro atoms. The molecule has 0 radical (unpaired) electrons. The first kappa shape index (κ1) is 18.6. The van der Waals surface area contributed by atoms with E-state index in [2.05, 4.69) is 15.8 Å². The van der Waals surface area contributed by atoms with Crippen molar-refractivity contribution in [3.8, 4) is 5.75 Å². The molecule has 2 aromatic rings. The number of phenolic OH excluding ortho intramolecular Hbond substituents is 1. The topological polar surface area (TPSA) is 99.8 Å². The van der Waals surface area contributed by atoms with Crippen molar-refractivity contribution in [3.05, 3.63) is 62.2 Å². The number of benzene rings is 2. The lowest BCUT2D eigenvalue weighted by atomic mass is 10.1. The maximum atomic E-state index is 10.9. The fraction of sp³-hybridized carbons (Fsp3) is 0.125. The van der Waals surface area contributed by atoms with Crippen molar-refractivity contribution in [2.75, 3.05) is 5.32 Å². The van der Waals surface area contributed by atoms with Crippen LogP contribution < -0.4 is 10.7 Å². The predicted octanol–water partition coefficient (Wildman–Crippen LogP) is 3.89. The fourth-order valence-electron chi connectivity index (χ4n) is 2.04. The highest BCUT2D eigenvalue weighted by atomic mass is 35.5. The lowest BCUT2D eigenvalue weighted by Crippen LogP contribution is -2.24. The summed E-state index contributed by atoms with van der Waals surface area (Å²) in [7, 11) is 0. The van der Waals surface area contributed by atoms with Gasteiger partial charge in [0, 0.05) is 22.3 Å². The average molecular weight is 379 g/mol. The van der Waals surface area contributed by atoms with Crippen LogP contribution in [0.15, 0.2) is 35.4 Å². The molecule has 0 bridgehead atoms. The van der Waals surface area contributed by atoms with Gasteiger partial charge in [0.05, 0.1) is 11.1 Å². The van der Waals surface area contributed by atoms with E-state index < -0.39 is 16.4 Å². The Labute approximate surface area is 154 Å². The molecule has 0 aliphatic rings. The first-order chi connectivity index (χ1) is 11.8. The highest BCUT2D eigenvalue weighted by Crippen LogP contribution is 2.32. The van der Waals surface area contributed by atoms with Crippen molar-refractivity contribution >= 4 is 46.5 Å². The summed E-state index contributed by atoms with van der Waals surface area (Å²) in [6, 6.07) is 8.19. The van der Waals surface area contributed by atoms with Crippen molar-refractivity contribution in [2.45, 2.75) is 13.8 Å². The molecule has 9 heteroatoms. The Morgan fingerprint density at radius 3 is 2.80 bits per heavy atom. The number of hydrazone groups is 1. The number of nitrogens with one attached hydrogen (secondary N) is 2. The largest absolute Gasteiger partial charge is 0.502 e. The molecule has 0 unspecified atom stereocenters. The summed E-state index contributed by atoms with van der Waals surface area (Å²) < 4.78 is 0. The van der Waals surface area contributed by atoms with Gasteiger partial charge in [-0.15, -0.1) is 0 Å². The van der Waals surface area contributed by atoms with E-state index in [1.54, 1.807) is 0 Å². The van der Waals surface area contributed by atoms with E-state index in [9.17, 15) is 15.2 Å². The molecule has 0 saturated carbocycles. The number of rotatable bonds is 4. The third-order valence-corrected chi connectivity index (χ3v) is 3.91. The molecule has 2 aromatic carbocycles. The summed E-state index contributed by atoms with van der Waals surface area (Å²) in [6.45, 7) is 3.96. The number of nitrogens with zero attached hydrogens (tertiary/aromatic N) is 2. The van der Waals surface area contributed by atoms with Crippen LogP contribution in [0, 0.1) is 24.0 Å². The summed E-state index contributed by atoms with van der Waals surface area (Å²) in [5.74, 6) is -0.520. The molecule has 0 fully saturated rings. The Hall–Kier alpha value is -2.71. The van der Waals surface area contributed by atoms with Gasteiger partial charge in [-0.2, -0.15) is 5.10 Å². The van der Waals surface area contributed by atoms with Gasteiger partial charge < -0.3 is 10.4 Å². The van der Waals surface area contributed by atoms with Gasteiger partial charge in [0.15, 0.2) is 5.11 Å². The number of hydrogen-bond acceptors (Lipinski definition) is 5. The molecule has 0 amide bonds. The Kier molecular flexibility index (Phi) is 5.89. The van der Waals surface area contributed by atoms with Crippen LogP contribution in [0.25, 0.3) is 0 Å². The molecule has 0 aliphatic heterocycles. The van der Waals surface area contributed by atoms with Crippen LogP contribution >= 0.6 is 23.8 Å². The standard InChI is InChI=1S/C16H15ClN4O3S/c1-9-4-3-5-13(10(9)2)19-16(25)20-18-8-11-6-12(17)7-14(15(11)22)21(23)24/h3-8,22H,1-2H3,(H2,19,20,25). The van der Waals surface area contributed by atoms with Gasteiger partial charge in [-0.05, 0) is 49.3 Å². The van der Waals surface area contributed by atoms with E-state index in [4.69, 9.17) is 23.8 Å². The molecule has 3 N–H and O–H groups in total. The van der Waals surface area contributed by atoms with Crippen LogP contribution in [0.4, 0.5) is 11.4 Å². The van der Waals surface area contributed by atoms with Crippen molar-refractivity contribution in [1.82, 2.24) is 5.43 Å². The minimum Gasteiger partial charge on any atom is -0.502 e. The van der Waals surface area contributed by atoms with E-state index in [1.807, 2.05) is 32.0 Å². The minimum atomic E-state index is -0.724. The van der Waals surface area contributed by atoms with Gasteiger partial charge in [-0.3, -0.25) is 15.5 Å². The Bertz CT molecular complexity index is 871. The maximum absolute atomic E-state index is 10.9. The fourth-order valence-corrected chi connectivity index (χ4v) is 2.42. The highest BCUT2D eigenvalue weighted by molar-refractivity contribution is 7.80. The number of nitro benzene ring substituents is 1. The van der Waals surface area contributed by atoms with Crippen LogP contribution in [-0.4, -0.2) is 21.4 Å². The number of halogens is 1. The van der Waals surface area contributed by atoms with E-state index in [1.165, 1.54) is 12.3 Å². The normalized spacial score (nSPS) is 10.7. The molecule has 0 saturated heterocycles. The number of phenols is 1. The molecular formula is C16H15ClN4O3S. The molecule has 0 atom stereocenters. The zero-order chi connectivity index (χ0) is 18.6. The van der Waals surface area contributed by atoms with Gasteiger partial charge in [-0.1, -0.05) is 23.7 Å². The minimum absolute atomic E-state index is 0.0984. The summed E-state index contributed by atoms with van der Waals surface area (Å²) in [6.07, 6.45) is 1.20. The second-order valence-corrected chi connectivity index (χ2v) is 6.04. The second-order valence-electron chi connectivity index (χ2n) is 5.19. The van der Waals surface area contributed by atoms with E-state index in [0.29, 0.717) is 0 Å². The lowest BCUT2D eigenvalue weighted by molar-refractivity contribution is -0.385. The SMILES string of the molecule is Cc1cccc(NC(=S)NN=Cc2cc(Cl)cc([N+](=O)[O-])c2O)c1C. The molecular weight excluding hydrogens is 364 g/mol. The maximum Gasteiger partial charge on any atom is 0.312 e. The Morgan fingerprint density at radius 2 is 2.12 bits per heavy atom. The van der Waals surface area contributed by atoms with Crippen molar-refractivity contribution in [2.24, 2.45) is 5.10 Å². The van der Waals surface area contributed by atoms with Gasteiger partial charge in [0.1, 0.15) is 0 Å². The van der Waals surface area contributed by atoms with Crippen molar-refractivity contribution in [3.63, 3.8) is 0 Å². The zero-order valence-corrected chi connectivity index (χ0v) is 15.0. The predicted molar refractivity (Wildman–Crippen MR) is 103 cm³/mol. The summed E-state index contributed by atoms with van der Waals surface area (Å²) in [5, 5.41) is 28.0. The molecule has 0 aromatic heterocycles. The third kappa shape index (κ3) is 4.65. The summed E-state index contributed by atoms with van der Waals surface area (Å²) >= 11 is 11.0.